The van der Waals surface area contributed by atoms with E-state index in [0.29, 0.717) is 36.6 Å². The van der Waals surface area contributed by atoms with Crippen LogP contribution in [0.15, 0.2) is 24.3 Å². The monoisotopic (exact) mass is 387 g/mol. The average Bonchev–Trinajstić information content (AvgIpc) is 2.64. The molecule has 28 heavy (non-hydrogen) atoms. The molecule has 4 aliphatic carbocycles. The summed E-state index contributed by atoms with van der Waals surface area (Å²) in [6.07, 6.45) is 3.54. The third-order valence-corrected chi connectivity index (χ3v) is 8.77. The standard InChI is InChI=1S/C23H30FNO3/c1-22(2)19(26)12-25(22)20(27)11-23(15-3-5-18(24)6-4-15)16-7-13-8-17(23)10-14(9-16)21(13)28/h3-6,13-14,16-17,19,21,26,28H,7-12H2,1-2H3. The van der Waals surface area contributed by atoms with Crippen LogP contribution in [0.2, 0.25) is 0 Å². The molecule has 1 amide bonds. The number of halogens is 1. The number of carbonyl (C=O) groups excluding carboxylic acids is 1. The smallest absolute Gasteiger partial charge is 0.224 e. The van der Waals surface area contributed by atoms with Gasteiger partial charge in [-0.1, -0.05) is 12.1 Å². The van der Waals surface area contributed by atoms with E-state index in [1.165, 1.54) is 12.1 Å². The molecule has 6 rings (SSSR count). The quantitative estimate of drug-likeness (QED) is 0.838. The SMILES string of the molecule is CC1(C)C(O)CN1C(=O)CC1(c2ccc(F)cc2)C2CC3CC1CC(C2)C3O. The van der Waals surface area contributed by atoms with Gasteiger partial charge in [0.2, 0.25) is 5.91 Å². The molecular weight excluding hydrogens is 357 g/mol. The molecule has 2 N–H and O–H groups in total. The molecule has 152 valence electrons. The van der Waals surface area contributed by atoms with Crippen molar-refractivity contribution in [1.29, 1.82) is 0 Å². The Bertz CT molecular complexity index is 760. The van der Waals surface area contributed by atoms with Crippen LogP contribution < -0.4 is 0 Å². The molecule has 1 atom stereocenters. The van der Waals surface area contributed by atoms with Gasteiger partial charge in [-0.25, -0.2) is 4.39 Å². The Kier molecular flexibility index (Phi) is 3.99. The lowest BCUT2D eigenvalue weighted by molar-refractivity contribution is -0.175. The summed E-state index contributed by atoms with van der Waals surface area (Å²) >= 11 is 0. The number of amides is 1. The van der Waals surface area contributed by atoms with E-state index in [9.17, 15) is 19.4 Å². The van der Waals surface area contributed by atoms with Crippen LogP contribution in [0.5, 0.6) is 0 Å². The molecule has 0 spiro atoms. The van der Waals surface area contributed by atoms with Crippen molar-refractivity contribution in [2.75, 3.05) is 6.54 Å². The third kappa shape index (κ3) is 2.38. The number of rotatable bonds is 3. The van der Waals surface area contributed by atoms with Crippen LogP contribution in [0.25, 0.3) is 0 Å². The topological polar surface area (TPSA) is 60.8 Å². The van der Waals surface area contributed by atoms with Gasteiger partial charge in [-0.05, 0) is 80.9 Å². The Balaban J connectivity index is 1.52. The highest BCUT2D eigenvalue weighted by molar-refractivity contribution is 5.80. The second kappa shape index (κ2) is 6.02. The normalized spacial score (nSPS) is 43.1. The zero-order chi connectivity index (χ0) is 19.8. The second-order valence-electron chi connectivity index (χ2n) is 10.2. The minimum atomic E-state index is -0.525. The molecule has 1 aliphatic heterocycles. The van der Waals surface area contributed by atoms with Crippen LogP contribution in [0.1, 0.15) is 51.5 Å². The van der Waals surface area contributed by atoms with Crippen LogP contribution in [0.4, 0.5) is 4.39 Å². The Morgan fingerprint density at radius 2 is 1.61 bits per heavy atom. The summed E-state index contributed by atoms with van der Waals surface area (Å²) in [6, 6.07) is 6.77. The number of hydrogen-bond acceptors (Lipinski definition) is 3. The molecule has 1 aromatic rings. The van der Waals surface area contributed by atoms with E-state index in [2.05, 4.69) is 0 Å². The summed E-state index contributed by atoms with van der Waals surface area (Å²) < 4.78 is 13.7. The van der Waals surface area contributed by atoms with Crippen molar-refractivity contribution in [1.82, 2.24) is 4.90 Å². The van der Waals surface area contributed by atoms with Crippen molar-refractivity contribution in [2.24, 2.45) is 23.7 Å². The summed E-state index contributed by atoms with van der Waals surface area (Å²) in [5.74, 6) is 1.22. The van der Waals surface area contributed by atoms with Gasteiger partial charge in [-0.15, -0.1) is 0 Å². The largest absolute Gasteiger partial charge is 0.393 e. The van der Waals surface area contributed by atoms with E-state index in [1.54, 1.807) is 0 Å². The highest BCUT2D eigenvalue weighted by Gasteiger charge is 2.62. The Morgan fingerprint density at radius 3 is 2.07 bits per heavy atom. The molecule has 1 heterocycles. The third-order valence-electron chi connectivity index (χ3n) is 8.77. The van der Waals surface area contributed by atoms with Crippen molar-refractivity contribution >= 4 is 5.91 Å². The Hall–Kier alpha value is -1.46. The van der Waals surface area contributed by atoms with Crippen molar-refractivity contribution in [3.05, 3.63) is 35.6 Å². The van der Waals surface area contributed by atoms with Crippen LogP contribution in [0.3, 0.4) is 0 Å². The molecule has 1 unspecified atom stereocenters. The van der Waals surface area contributed by atoms with Crippen LogP contribution >= 0.6 is 0 Å². The van der Waals surface area contributed by atoms with E-state index in [0.717, 1.165) is 31.2 Å². The predicted octanol–water partition coefficient (Wildman–Crippen LogP) is 2.86. The first-order chi connectivity index (χ1) is 13.2. The van der Waals surface area contributed by atoms with Gasteiger partial charge in [0, 0.05) is 18.4 Å². The zero-order valence-corrected chi connectivity index (χ0v) is 16.6. The number of aliphatic hydroxyl groups excluding tert-OH is 2. The molecule has 4 saturated carbocycles. The van der Waals surface area contributed by atoms with Gasteiger partial charge in [-0.2, -0.15) is 0 Å². The first kappa shape index (κ1) is 18.6. The van der Waals surface area contributed by atoms with Gasteiger partial charge in [0.05, 0.1) is 17.7 Å². The maximum atomic E-state index is 13.7. The molecular formula is C23H30FNO3. The Morgan fingerprint density at radius 1 is 1.07 bits per heavy atom. The molecule has 5 heteroatoms. The van der Waals surface area contributed by atoms with Crippen molar-refractivity contribution in [3.63, 3.8) is 0 Å². The summed E-state index contributed by atoms with van der Waals surface area (Å²) in [5, 5.41) is 20.6. The summed E-state index contributed by atoms with van der Waals surface area (Å²) in [5.41, 5.74) is 0.266. The molecule has 4 bridgehead atoms. The van der Waals surface area contributed by atoms with Gasteiger partial charge in [0.1, 0.15) is 5.82 Å². The number of aliphatic hydroxyl groups is 2. The summed E-state index contributed by atoms with van der Waals surface area (Å²) in [4.78, 5) is 15.2. The summed E-state index contributed by atoms with van der Waals surface area (Å²) in [6.45, 7) is 4.22. The molecule has 4 nitrogen and oxygen atoms in total. The minimum Gasteiger partial charge on any atom is -0.393 e. The second-order valence-corrected chi connectivity index (χ2v) is 10.2. The molecule has 5 aliphatic rings. The van der Waals surface area contributed by atoms with Crippen LogP contribution in [-0.4, -0.2) is 45.3 Å². The van der Waals surface area contributed by atoms with Crippen molar-refractivity contribution in [3.8, 4) is 0 Å². The highest BCUT2D eigenvalue weighted by Crippen LogP contribution is 2.64. The fourth-order valence-corrected chi connectivity index (χ4v) is 7.05. The van der Waals surface area contributed by atoms with E-state index in [-0.39, 0.29) is 23.2 Å². The van der Waals surface area contributed by atoms with Gasteiger partial charge in [0.15, 0.2) is 0 Å². The molecule has 1 aromatic carbocycles. The number of nitrogens with zero attached hydrogens (tertiary/aromatic N) is 1. The van der Waals surface area contributed by atoms with E-state index in [4.69, 9.17) is 0 Å². The molecule has 1 saturated heterocycles. The number of benzene rings is 1. The first-order valence-corrected chi connectivity index (χ1v) is 10.7. The average molecular weight is 387 g/mol. The number of hydrogen-bond donors (Lipinski definition) is 2. The fourth-order valence-electron chi connectivity index (χ4n) is 7.05. The van der Waals surface area contributed by atoms with Gasteiger partial charge in [-0.3, -0.25) is 4.79 Å². The number of β-amino-alcohol motifs (C(OH)–C–C–N with tert-alkyl or cyclic N) is 1. The molecule has 0 aromatic heterocycles. The lowest BCUT2D eigenvalue weighted by atomic mass is 9.42. The van der Waals surface area contributed by atoms with Crippen molar-refractivity contribution < 1.29 is 19.4 Å². The molecule has 0 radical (unpaired) electrons. The van der Waals surface area contributed by atoms with Gasteiger partial charge >= 0.3 is 0 Å². The van der Waals surface area contributed by atoms with Gasteiger partial charge < -0.3 is 15.1 Å². The van der Waals surface area contributed by atoms with Crippen molar-refractivity contribution in [2.45, 2.75) is 69.1 Å². The van der Waals surface area contributed by atoms with E-state index >= 15 is 0 Å². The maximum Gasteiger partial charge on any atom is 0.224 e. The summed E-state index contributed by atoms with van der Waals surface area (Å²) in [7, 11) is 0. The Labute approximate surface area is 165 Å². The van der Waals surface area contributed by atoms with E-state index in [1.807, 2.05) is 30.9 Å². The van der Waals surface area contributed by atoms with Crippen LogP contribution in [0, 0.1) is 29.5 Å². The maximum absolute atomic E-state index is 13.7. The number of carbonyl (C=O) groups is 1. The first-order valence-electron chi connectivity index (χ1n) is 10.7. The lowest BCUT2D eigenvalue weighted by Crippen LogP contribution is -2.70. The fraction of sp³-hybridized carbons (Fsp3) is 0.696. The lowest BCUT2D eigenvalue weighted by Gasteiger charge is -2.63. The molecule has 5 fully saturated rings. The zero-order valence-electron chi connectivity index (χ0n) is 16.6. The van der Waals surface area contributed by atoms with Gasteiger partial charge in [0.25, 0.3) is 0 Å². The van der Waals surface area contributed by atoms with E-state index < -0.39 is 11.6 Å². The highest BCUT2D eigenvalue weighted by atomic mass is 19.1. The predicted molar refractivity (Wildman–Crippen MR) is 103 cm³/mol. The minimum absolute atomic E-state index is 0.0904. The number of likely N-dealkylation sites (tertiary alicyclic amines) is 1. The van der Waals surface area contributed by atoms with Crippen LogP contribution in [-0.2, 0) is 10.2 Å².